The van der Waals surface area contributed by atoms with Crippen LogP contribution >= 0.6 is 50.7 Å². The summed E-state index contributed by atoms with van der Waals surface area (Å²) in [6.07, 6.45) is 1.78. The number of pyridine rings is 1. The minimum Gasteiger partial charge on any atom is -0.329 e. The van der Waals surface area contributed by atoms with Crippen molar-refractivity contribution < 1.29 is 0 Å². The molecular weight excluding hydrogens is 425 g/mol. The first-order valence-corrected chi connectivity index (χ1v) is 7.46. The number of benzene rings is 1. The van der Waals surface area contributed by atoms with Gasteiger partial charge in [0.1, 0.15) is 0 Å². The minimum absolute atomic E-state index is 0.653. The first kappa shape index (κ1) is 12.3. The molecule has 1 N–H and O–H groups in total. The van der Waals surface area contributed by atoms with Gasteiger partial charge in [-0.1, -0.05) is 12.1 Å². The quantitative estimate of drug-likeness (QED) is 0.456. The maximum atomic E-state index is 5.39. The number of nitrogens with one attached hydrogen (secondary N) is 1. The summed E-state index contributed by atoms with van der Waals surface area (Å²) in [6, 6.07) is 10.1. The molecule has 0 amide bonds. The highest BCUT2D eigenvalue weighted by Gasteiger charge is 2.10. The predicted molar refractivity (Wildman–Crippen MR) is 86.7 cm³/mol. The van der Waals surface area contributed by atoms with E-state index in [1.807, 2.05) is 28.8 Å². The van der Waals surface area contributed by atoms with E-state index < -0.39 is 0 Å². The average molecular weight is 432 g/mol. The Balaban J connectivity index is 2.40. The lowest BCUT2D eigenvalue weighted by Gasteiger charge is -2.05. The number of H-pyrrole nitrogens is 1. The molecule has 0 unspecified atom stereocenters. The van der Waals surface area contributed by atoms with E-state index in [1.54, 1.807) is 6.20 Å². The largest absolute Gasteiger partial charge is 0.329 e. The summed E-state index contributed by atoms with van der Waals surface area (Å²) in [7, 11) is 0. The molecule has 3 rings (SSSR count). The van der Waals surface area contributed by atoms with Crippen molar-refractivity contribution in [1.82, 2.24) is 14.5 Å². The van der Waals surface area contributed by atoms with Crippen molar-refractivity contribution in [2.45, 2.75) is 0 Å². The Morgan fingerprint density at radius 1 is 1.33 bits per heavy atom. The molecule has 0 spiro atoms. The Bertz CT molecular complexity index is 793. The van der Waals surface area contributed by atoms with E-state index in [0.717, 1.165) is 24.9 Å². The van der Waals surface area contributed by atoms with Crippen LogP contribution in [0.5, 0.6) is 0 Å². The molecule has 0 fully saturated rings. The highest BCUT2D eigenvalue weighted by molar-refractivity contribution is 14.1. The molecule has 3 aromatic rings. The lowest BCUT2D eigenvalue weighted by molar-refractivity contribution is 1.04. The summed E-state index contributed by atoms with van der Waals surface area (Å²) < 4.78 is 4.68. The molecule has 0 bridgehead atoms. The van der Waals surface area contributed by atoms with Gasteiger partial charge < -0.3 is 4.98 Å². The second-order valence-electron chi connectivity index (χ2n) is 3.74. The van der Waals surface area contributed by atoms with Crippen molar-refractivity contribution in [2.75, 3.05) is 0 Å². The summed E-state index contributed by atoms with van der Waals surface area (Å²) in [5.74, 6) is 0. The van der Waals surface area contributed by atoms with Crippen molar-refractivity contribution >= 4 is 61.9 Å². The van der Waals surface area contributed by atoms with Gasteiger partial charge in [-0.2, -0.15) is 0 Å². The van der Waals surface area contributed by atoms with Gasteiger partial charge in [0.2, 0.25) is 0 Å². The molecule has 0 aliphatic heterocycles. The van der Waals surface area contributed by atoms with Crippen LogP contribution in [0.2, 0.25) is 0 Å². The van der Waals surface area contributed by atoms with Crippen LogP contribution in [0.15, 0.2) is 41.0 Å². The number of halogens is 2. The van der Waals surface area contributed by atoms with Crippen LogP contribution in [0.3, 0.4) is 0 Å². The standard InChI is InChI=1S/C12H7BrIN3S/c13-7-5-9-11(15-6-7)17(12(18)16-9)10-4-2-1-3-8(10)14/h1-6H,(H,16,18). The van der Waals surface area contributed by atoms with E-state index in [2.05, 4.69) is 54.6 Å². The van der Waals surface area contributed by atoms with Crippen LogP contribution in [0.4, 0.5) is 0 Å². The number of imidazole rings is 1. The number of rotatable bonds is 1. The predicted octanol–water partition coefficient (Wildman–Crippen LogP) is 4.45. The van der Waals surface area contributed by atoms with Gasteiger partial charge in [-0.05, 0) is 68.9 Å². The fourth-order valence-corrected chi connectivity index (χ4v) is 3.08. The van der Waals surface area contributed by atoms with Crippen molar-refractivity contribution in [3.63, 3.8) is 0 Å². The zero-order chi connectivity index (χ0) is 12.7. The third kappa shape index (κ3) is 2.02. The van der Waals surface area contributed by atoms with E-state index >= 15 is 0 Å². The highest BCUT2D eigenvalue weighted by Crippen LogP contribution is 2.23. The van der Waals surface area contributed by atoms with Gasteiger partial charge in [0.15, 0.2) is 10.4 Å². The van der Waals surface area contributed by atoms with Crippen molar-refractivity contribution in [3.05, 3.63) is 49.3 Å². The first-order valence-electron chi connectivity index (χ1n) is 5.18. The van der Waals surface area contributed by atoms with E-state index in [1.165, 1.54) is 0 Å². The van der Waals surface area contributed by atoms with E-state index in [9.17, 15) is 0 Å². The summed E-state index contributed by atoms with van der Waals surface area (Å²) in [5, 5.41) is 0. The van der Waals surface area contributed by atoms with Gasteiger partial charge in [-0.25, -0.2) is 4.98 Å². The van der Waals surface area contributed by atoms with Crippen LogP contribution in [-0.2, 0) is 0 Å². The fourth-order valence-electron chi connectivity index (χ4n) is 1.83. The van der Waals surface area contributed by atoms with Crippen LogP contribution < -0.4 is 0 Å². The van der Waals surface area contributed by atoms with Crippen molar-refractivity contribution in [1.29, 1.82) is 0 Å². The number of hydrogen-bond acceptors (Lipinski definition) is 2. The normalized spacial score (nSPS) is 11.0. The van der Waals surface area contributed by atoms with Gasteiger partial charge in [-0.15, -0.1) is 0 Å². The number of aromatic nitrogens is 3. The van der Waals surface area contributed by atoms with Gasteiger partial charge in [0.05, 0.1) is 11.2 Å². The number of fused-ring (bicyclic) bond motifs is 1. The molecule has 18 heavy (non-hydrogen) atoms. The molecule has 2 heterocycles. The highest BCUT2D eigenvalue weighted by atomic mass is 127. The molecule has 0 saturated carbocycles. The van der Waals surface area contributed by atoms with Crippen LogP contribution in [0, 0.1) is 8.34 Å². The zero-order valence-electron chi connectivity index (χ0n) is 9.02. The number of nitrogens with zero attached hydrogens (tertiary/aromatic N) is 2. The van der Waals surface area contributed by atoms with Crippen LogP contribution in [-0.4, -0.2) is 14.5 Å². The molecule has 2 aromatic heterocycles. The maximum absolute atomic E-state index is 5.39. The Labute approximate surface area is 131 Å². The number of hydrogen-bond donors (Lipinski definition) is 1. The van der Waals surface area contributed by atoms with Crippen molar-refractivity contribution in [2.24, 2.45) is 0 Å². The summed E-state index contributed by atoms with van der Waals surface area (Å²) in [6.45, 7) is 0. The van der Waals surface area contributed by atoms with E-state index in [0.29, 0.717) is 4.77 Å². The monoisotopic (exact) mass is 431 g/mol. The van der Waals surface area contributed by atoms with Gasteiger partial charge in [-0.3, -0.25) is 4.57 Å². The van der Waals surface area contributed by atoms with Crippen LogP contribution in [0.1, 0.15) is 0 Å². The maximum Gasteiger partial charge on any atom is 0.184 e. The van der Waals surface area contributed by atoms with Gasteiger partial charge in [0, 0.05) is 14.2 Å². The Hall–Kier alpha value is -0.730. The molecule has 6 heteroatoms. The number of para-hydroxylation sites is 1. The van der Waals surface area contributed by atoms with Gasteiger partial charge >= 0.3 is 0 Å². The smallest absolute Gasteiger partial charge is 0.184 e. The Morgan fingerprint density at radius 2 is 2.11 bits per heavy atom. The molecule has 0 radical (unpaired) electrons. The first-order chi connectivity index (χ1) is 8.66. The molecule has 0 atom stereocenters. The van der Waals surface area contributed by atoms with Crippen LogP contribution in [0.25, 0.3) is 16.9 Å². The molecule has 0 aliphatic rings. The Kier molecular flexibility index (Phi) is 3.25. The van der Waals surface area contributed by atoms with Gasteiger partial charge in [0.25, 0.3) is 0 Å². The number of aromatic amines is 1. The molecule has 0 saturated heterocycles. The Morgan fingerprint density at radius 3 is 2.89 bits per heavy atom. The second kappa shape index (κ2) is 4.75. The molecule has 0 aliphatic carbocycles. The molecule has 1 aromatic carbocycles. The van der Waals surface area contributed by atoms with Crippen molar-refractivity contribution in [3.8, 4) is 5.69 Å². The summed E-state index contributed by atoms with van der Waals surface area (Å²) in [4.78, 5) is 7.61. The third-order valence-electron chi connectivity index (χ3n) is 2.58. The molecular formula is C12H7BrIN3S. The molecule has 3 nitrogen and oxygen atoms in total. The van der Waals surface area contributed by atoms with E-state index in [-0.39, 0.29) is 0 Å². The van der Waals surface area contributed by atoms with E-state index in [4.69, 9.17) is 12.2 Å². The third-order valence-corrected chi connectivity index (χ3v) is 4.21. The molecule has 90 valence electrons. The average Bonchev–Trinajstić information content (AvgIpc) is 2.65. The lowest BCUT2D eigenvalue weighted by Crippen LogP contribution is -1.97. The minimum atomic E-state index is 0.653. The SMILES string of the molecule is S=c1[nH]c2cc(Br)cnc2n1-c1ccccc1I. The fraction of sp³-hybridized carbons (Fsp3) is 0. The topological polar surface area (TPSA) is 33.6 Å². The lowest BCUT2D eigenvalue weighted by atomic mass is 10.3. The summed E-state index contributed by atoms with van der Waals surface area (Å²) in [5.41, 5.74) is 2.81. The zero-order valence-corrected chi connectivity index (χ0v) is 13.6. The summed E-state index contributed by atoms with van der Waals surface area (Å²) >= 11 is 11.1. The second-order valence-corrected chi connectivity index (χ2v) is 6.21.